The van der Waals surface area contributed by atoms with Gasteiger partial charge in [0.05, 0.1) is 17.3 Å². The van der Waals surface area contributed by atoms with Crippen LogP contribution in [-0.2, 0) is 0 Å². The normalized spacial score (nSPS) is 15.5. The molecule has 3 aromatic rings. The summed E-state index contributed by atoms with van der Waals surface area (Å²) in [6.45, 7) is 0. The third-order valence-corrected chi connectivity index (χ3v) is 5.65. The summed E-state index contributed by atoms with van der Waals surface area (Å²) in [6, 6.07) is 14.9. The molecule has 1 aliphatic carbocycles. The average molecular weight is 309 g/mol. The zero-order valence-electron chi connectivity index (χ0n) is 12.7. The number of aromatic nitrogens is 1. The minimum Gasteiger partial charge on any atom is -0.496 e. The maximum absolute atomic E-state index is 5.59. The molecule has 2 aromatic carbocycles. The van der Waals surface area contributed by atoms with Gasteiger partial charge in [-0.05, 0) is 54.7 Å². The second-order valence-corrected chi connectivity index (χ2v) is 6.96. The summed E-state index contributed by atoms with van der Waals surface area (Å²) < 4.78 is 6.84. The van der Waals surface area contributed by atoms with E-state index in [0.29, 0.717) is 5.92 Å². The maximum Gasteiger partial charge on any atom is 0.124 e. The fourth-order valence-corrected chi connectivity index (χ4v) is 4.38. The van der Waals surface area contributed by atoms with Crippen LogP contribution in [-0.4, -0.2) is 12.1 Å². The Hall–Kier alpha value is -1.87. The summed E-state index contributed by atoms with van der Waals surface area (Å²) in [5.74, 6) is 1.67. The molecule has 2 nitrogen and oxygen atoms in total. The number of hydrogen-bond acceptors (Lipinski definition) is 3. The monoisotopic (exact) mass is 309 g/mol. The fourth-order valence-electron chi connectivity index (χ4n) is 3.42. The Bertz CT molecular complexity index is 769. The van der Waals surface area contributed by atoms with Gasteiger partial charge in [-0.3, -0.25) is 0 Å². The molecule has 1 heterocycles. The van der Waals surface area contributed by atoms with Gasteiger partial charge in [-0.1, -0.05) is 25.0 Å². The summed E-state index contributed by atoms with van der Waals surface area (Å²) in [4.78, 5) is 4.78. The topological polar surface area (TPSA) is 22.1 Å². The summed E-state index contributed by atoms with van der Waals surface area (Å²) in [6.07, 6.45) is 5.22. The lowest BCUT2D eigenvalue weighted by atomic mass is 9.95. The van der Waals surface area contributed by atoms with Crippen LogP contribution in [0.5, 0.6) is 5.75 Å². The number of hydrogen-bond donors (Lipinski definition) is 0. The van der Waals surface area contributed by atoms with E-state index in [0.717, 1.165) is 16.3 Å². The zero-order chi connectivity index (χ0) is 14.9. The van der Waals surface area contributed by atoms with E-state index < -0.39 is 0 Å². The SMILES string of the molecule is COc1ccc(-c2nc3ccccc3s2)cc1C1CCCC1. The summed E-state index contributed by atoms with van der Waals surface area (Å²) in [7, 11) is 1.77. The number of fused-ring (bicyclic) bond motifs is 1. The van der Waals surface area contributed by atoms with Gasteiger partial charge in [0.15, 0.2) is 0 Å². The lowest BCUT2D eigenvalue weighted by Crippen LogP contribution is -1.97. The predicted octanol–water partition coefficient (Wildman–Crippen LogP) is 5.63. The quantitative estimate of drug-likeness (QED) is 0.625. The third kappa shape index (κ3) is 2.40. The van der Waals surface area contributed by atoms with Gasteiger partial charge in [-0.2, -0.15) is 0 Å². The van der Waals surface area contributed by atoms with Crippen LogP contribution in [0.25, 0.3) is 20.8 Å². The molecule has 0 radical (unpaired) electrons. The van der Waals surface area contributed by atoms with Gasteiger partial charge in [-0.25, -0.2) is 4.98 Å². The largest absolute Gasteiger partial charge is 0.496 e. The Morgan fingerprint density at radius 1 is 1.09 bits per heavy atom. The number of ether oxygens (including phenoxy) is 1. The van der Waals surface area contributed by atoms with Crippen LogP contribution in [0.1, 0.15) is 37.2 Å². The van der Waals surface area contributed by atoms with Crippen molar-refractivity contribution < 1.29 is 4.74 Å². The highest BCUT2D eigenvalue weighted by Crippen LogP contribution is 2.41. The molecule has 3 heteroatoms. The Morgan fingerprint density at radius 3 is 2.68 bits per heavy atom. The lowest BCUT2D eigenvalue weighted by Gasteiger charge is -2.15. The summed E-state index contributed by atoms with van der Waals surface area (Å²) in [5, 5.41) is 1.10. The molecule has 0 N–H and O–H groups in total. The molecule has 0 aliphatic heterocycles. The first-order valence-corrected chi connectivity index (χ1v) is 8.70. The van der Waals surface area contributed by atoms with Gasteiger partial charge in [0.25, 0.3) is 0 Å². The molecule has 22 heavy (non-hydrogen) atoms. The predicted molar refractivity (Wildman–Crippen MR) is 92.8 cm³/mol. The zero-order valence-corrected chi connectivity index (χ0v) is 13.5. The van der Waals surface area contributed by atoms with Crippen LogP contribution in [0.2, 0.25) is 0 Å². The van der Waals surface area contributed by atoms with Gasteiger partial charge < -0.3 is 4.74 Å². The van der Waals surface area contributed by atoms with Crippen LogP contribution in [0, 0.1) is 0 Å². The molecule has 1 saturated carbocycles. The van der Waals surface area contributed by atoms with Crippen molar-refractivity contribution in [3.63, 3.8) is 0 Å². The van der Waals surface area contributed by atoms with Crippen molar-refractivity contribution in [2.45, 2.75) is 31.6 Å². The first-order chi connectivity index (χ1) is 10.8. The van der Waals surface area contributed by atoms with Crippen molar-refractivity contribution in [2.75, 3.05) is 7.11 Å². The van der Waals surface area contributed by atoms with Gasteiger partial charge in [-0.15, -0.1) is 11.3 Å². The molecular formula is C19H19NOS. The first kappa shape index (κ1) is 13.8. The maximum atomic E-state index is 5.59. The van der Waals surface area contributed by atoms with Crippen molar-refractivity contribution in [1.82, 2.24) is 4.98 Å². The van der Waals surface area contributed by atoms with Crippen LogP contribution in [0.4, 0.5) is 0 Å². The summed E-state index contributed by atoms with van der Waals surface area (Å²) >= 11 is 1.76. The number of thiazole rings is 1. The lowest BCUT2D eigenvalue weighted by molar-refractivity contribution is 0.405. The molecule has 4 rings (SSSR count). The van der Waals surface area contributed by atoms with E-state index in [1.165, 1.54) is 41.5 Å². The molecule has 0 amide bonds. The molecule has 0 unspecified atom stereocenters. The molecule has 1 aromatic heterocycles. The van der Waals surface area contributed by atoms with Crippen molar-refractivity contribution >= 4 is 21.6 Å². The standard InChI is InChI=1S/C19H19NOS/c1-21-17-11-10-14(12-15(17)13-6-2-3-7-13)19-20-16-8-4-5-9-18(16)22-19/h4-5,8-13H,2-3,6-7H2,1H3. The van der Waals surface area contributed by atoms with Crippen LogP contribution in [0.3, 0.4) is 0 Å². The minimum absolute atomic E-state index is 0.643. The average Bonchev–Trinajstić information content (AvgIpc) is 3.23. The Morgan fingerprint density at radius 2 is 1.91 bits per heavy atom. The van der Waals surface area contributed by atoms with E-state index in [9.17, 15) is 0 Å². The van der Waals surface area contributed by atoms with E-state index in [4.69, 9.17) is 9.72 Å². The Kier molecular flexibility index (Phi) is 3.59. The van der Waals surface area contributed by atoms with Crippen LogP contribution in [0.15, 0.2) is 42.5 Å². The van der Waals surface area contributed by atoms with E-state index in [-0.39, 0.29) is 0 Å². The molecule has 0 saturated heterocycles. The molecule has 112 valence electrons. The molecule has 1 aliphatic rings. The first-order valence-electron chi connectivity index (χ1n) is 7.89. The second-order valence-electron chi connectivity index (χ2n) is 5.92. The van der Waals surface area contributed by atoms with E-state index in [1.54, 1.807) is 18.4 Å². The molecule has 0 atom stereocenters. The molecule has 1 fully saturated rings. The smallest absolute Gasteiger partial charge is 0.124 e. The fraction of sp³-hybridized carbons (Fsp3) is 0.316. The summed E-state index contributed by atoms with van der Waals surface area (Å²) in [5.41, 5.74) is 3.65. The van der Waals surface area contributed by atoms with Crippen molar-refractivity contribution in [1.29, 1.82) is 0 Å². The van der Waals surface area contributed by atoms with Crippen molar-refractivity contribution in [3.8, 4) is 16.3 Å². The highest BCUT2D eigenvalue weighted by molar-refractivity contribution is 7.21. The number of methoxy groups -OCH3 is 1. The molecular weight excluding hydrogens is 290 g/mol. The van der Waals surface area contributed by atoms with Gasteiger partial charge in [0.1, 0.15) is 10.8 Å². The number of benzene rings is 2. The Labute approximate surface area is 134 Å². The minimum atomic E-state index is 0.643. The molecule has 0 spiro atoms. The van der Waals surface area contributed by atoms with Crippen molar-refractivity contribution in [3.05, 3.63) is 48.0 Å². The third-order valence-electron chi connectivity index (χ3n) is 4.57. The van der Waals surface area contributed by atoms with Crippen molar-refractivity contribution in [2.24, 2.45) is 0 Å². The Balaban J connectivity index is 1.79. The van der Waals surface area contributed by atoms with Crippen LogP contribution < -0.4 is 4.74 Å². The molecule has 0 bridgehead atoms. The second kappa shape index (κ2) is 5.73. The van der Waals surface area contributed by atoms with Gasteiger partial charge in [0.2, 0.25) is 0 Å². The van der Waals surface area contributed by atoms with Gasteiger partial charge in [0, 0.05) is 5.56 Å². The van der Waals surface area contributed by atoms with E-state index in [1.807, 2.05) is 6.07 Å². The number of para-hydroxylation sites is 1. The number of rotatable bonds is 3. The van der Waals surface area contributed by atoms with Crippen LogP contribution >= 0.6 is 11.3 Å². The van der Waals surface area contributed by atoms with E-state index >= 15 is 0 Å². The highest BCUT2D eigenvalue weighted by Gasteiger charge is 2.21. The van der Waals surface area contributed by atoms with Gasteiger partial charge >= 0.3 is 0 Å². The highest BCUT2D eigenvalue weighted by atomic mass is 32.1. The number of nitrogens with zero attached hydrogens (tertiary/aromatic N) is 1. The van der Waals surface area contributed by atoms with E-state index in [2.05, 4.69) is 36.4 Å².